The van der Waals surface area contributed by atoms with Crippen molar-refractivity contribution in [2.75, 3.05) is 17.2 Å². The minimum absolute atomic E-state index is 0.372. The van der Waals surface area contributed by atoms with Crippen LogP contribution in [0.15, 0.2) is 49.1 Å². The lowest BCUT2D eigenvalue weighted by molar-refractivity contribution is 0.292. The molecule has 2 aromatic heterocycles. The summed E-state index contributed by atoms with van der Waals surface area (Å²) < 4.78 is 7.05. The van der Waals surface area contributed by atoms with Gasteiger partial charge >= 0.3 is 6.01 Å². The van der Waals surface area contributed by atoms with Crippen LogP contribution in [0.5, 0.6) is 6.01 Å². The van der Waals surface area contributed by atoms with Crippen molar-refractivity contribution in [1.82, 2.24) is 24.7 Å². The van der Waals surface area contributed by atoms with Crippen LogP contribution in [-0.2, 0) is 0 Å². The molecule has 2 heterocycles. The Bertz CT molecular complexity index is 820. The molecule has 128 valence electrons. The Labute approximate surface area is 150 Å². The van der Waals surface area contributed by atoms with E-state index >= 15 is 0 Å². The number of benzene rings is 1. The van der Waals surface area contributed by atoms with Crippen molar-refractivity contribution in [3.05, 3.63) is 49.1 Å². The average Bonchev–Trinajstić information content (AvgIpc) is 3.10. The van der Waals surface area contributed by atoms with Crippen molar-refractivity contribution in [2.45, 2.75) is 13.3 Å². The first kappa shape index (κ1) is 16.8. The lowest BCUT2D eigenvalue weighted by Crippen LogP contribution is -2.20. The van der Waals surface area contributed by atoms with Gasteiger partial charge in [-0.3, -0.25) is 0 Å². The number of thiocarbonyl (C=S) groups is 1. The van der Waals surface area contributed by atoms with Crippen LogP contribution in [0.25, 0.3) is 5.69 Å². The highest BCUT2D eigenvalue weighted by Gasteiger charge is 2.05. The van der Waals surface area contributed by atoms with E-state index in [4.69, 9.17) is 17.0 Å². The number of rotatable bonds is 6. The van der Waals surface area contributed by atoms with E-state index < -0.39 is 0 Å². The van der Waals surface area contributed by atoms with Crippen molar-refractivity contribution in [1.29, 1.82) is 0 Å². The van der Waals surface area contributed by atoms with Gasteiger partial charge in [0.15, 0.2) is 5.11 Å². The largest absolute Gasteiger partial charge is 0.462 e. The molecule has 0 aliphatic rings. The minimum atomic E-state index is 0.372. The Morgan fingerprint density at radius 3 is 2.60 bits per heavy atom. The quantitative estimate of drug-likeness (QED) is 0.652. The maximum absolute atomic E-state index is 5.40. The van der Waals surface area contributed by atoms with Gasteiger partial charge in [-0.1, -0.05) is 6.92 Å². The second-order valence-electron chi connectivity index (χ2n) is 5.02. The van der Waals surface area contributed by atoms with Gasteiger partial charge in [0.1, 0.15) is 6.33 Å². The number of hydrogen-bond acceptors (Lipinski definition) is 6. The van der Waals surface area contributed by atoms with Crippen molar-refractivity contribution in [3.8, 4) is 11.7 Å². The van der Waals surface area contributed by atoms with E-state index in [0.717, 1.165) is 17.8 Å². The molecule has 0 saturated heterocycles. The molecule has 25 heavy (non-hydrogen) atoms. The molecule has 0 amide bonds. The van der Waals surface area contributed by atoms with Crippen LogP contribution >= 0.6 is 12.2 Å². The smallest absolute Gasteiger partial charge is 0.335 e. The van der Waals surface area contributed by atoms with Gasteiger partial charge < -0.3 is 15.4 Å². The topological polar surface area (TPSA) is 89.8 Å². The van der Waals surface area contributed by atoms with E-state index in [9.17, 15) is 0 Å². The van der Waals surface area contributed by atoms with E-state index in [1.807, 2.05) is 31.2 Å². The van der Waals surface area contributed by atoms with Crippen LogP contribution in [-0.4, -0.2) is 36.5 Å². The molecule has 3 aromatic rings. The fraction of sp³-hybridized carbons (Fsp3) is 0.188. The molecule has 8 nitrogen and oxygen atoms in total. The van der Waals surface area contributed by atoms with E-state index in [1.165, 1.54) is 0 Å². The summed E-state index contributed by atoms with van der Waals surface area (Å²) in [6.45, 7) is 2.63. The maximum atomic E-state index is 5.40. The predicted molar refractivity (Wildman–Crippen MR) is 99.0 cm³/mol. The molecule has 0 spiro atoms. The van der Waals surface area contributed by atoms with Crippen molar-refractivity contribution in [2.24, 2.45) is 0 Å². The third-order valence-corrected chi connectivity index (χ3v) is 3.29. The predicted octanol–water partition coefficient (Wildman–Crippen LogP) is 2.66. The molecule has 1 aromatic carbocycles. The Hall–Kier alpha value is -3.07. The van der Waals surface area contributed by atoms with E-state index in [-0.39, 0.29) is 0 Å². The molecular weight excluding hydrogens is 338 g/mol. The summed E-state index contributed by atoms with van der Waals surface area (Å²) >= 11 is 5.24. The summed E-state index contributed by atoms with van der Waals surface area (Å²) in [6.07, 6.45) is 5.82. The van der Waals surface area contributed by atoms with Gasteiger partial charge in [0.2, 0.25) is 5.95 Å². The Morgan fingerprint density at radius 1 is 1.12 bits per heavy atom. The van der Waals surface area contributed by atoms with Crippen LogP contribution in [0.2, 0.25) is 0 Å². The first-order chi connectivity index (χ1) is 12.2. The first-order valence-electron chi connectivity index (χ1n) is 7.74. The van der Waals surface area contributed by atoms with Gasteiger partial charge in [0.25, 0.3) is 0 Å². The number of nitrogens with one attached hydrogen (secondary N) is 2. The van der Waals surface area contributed by atoms with Crippen LogP contribution < -0.4 is 15.4 Å². The van der Waals surface area contributed by atoms with E-state index in [0.29, 0.717) is 23.7 Å². The standard InChI is InChI=1S/C16H17N7OS/c1-2-10-24-15-19-11-23(22-15)13-6-4-12(5-7-13)20-16(25)21-14-17-8-3-9-18-14/h3-9,11H,2,10H2,1H3,(H2,17,18,20,21,25). The lowest BCUT2D eigenvalue weighted by Gasteiger charge is -2.09. The van der Waals surface area contributed by atoms with Gasteiger partial charge in [-0.15, -0.1) is 5.10 Å². The fourth-order valence-corrected chi connectivity index (χ4v) is 2.17. The van der Waals surface area contributed by atoms with Crippen LogP contribution in [0.3, 0.4) is 0 Å². The highest BCUT2D eigenvalue weighted by molar-refractivity contribution is 7.80. The van der Waals surface area contributed by atoms with Gasteiger partial charge in [-0.2, -0.15) is 4.98 Å². The van der Waals surface area contributed by atoms with Gasteiger partial charge in [-0.25, -0.2) is 14.6 Å². The zero-order valence-electron chi connectivity index (χ0n) is 13.6. The van der Waals surface area contributed by atoms with Gasteiger partial charge in [0.05, 0.1) is 12.3 Å². The number of aromatic nitrogens is 5. The molecule has 3 rings (SSSR count). The zero-order chi connectivity index (χ0) is 17.5. The molecule has 0 saturated carbocycles. The van der Waals surface area contributed by atoms with Gasteiger partial charge in [-0.05, 0) is 49.0 Å². The highest BCUT2D eigenvalue weighted by atomic mass is 32.1. The molecule has 0 atom stereocenters. The second kappa shape index (κ2) is 8.15. The summed E-state index contributed by atoms with van der Waals surface area (Å²) in [4.78, 5) is 12.2. The number of ether oxygens (including phenoxy) is 1. The highest BCUT2D eigenvalue weighted by Crippen LogP contribution is 2.14. The molecule has 9 heteroatoms. The Balaban J connectivity index is 1.60. The summed E-state index contributed by atoms with van der Waals surface area (Å²) in [7, 11) is 0. The van der Waals surface area contributed by atoms with Crippen LogP contribution in [0.4, 0.5) is 11.6 Å². The zero-order valence-corrected chi connectivity index (χ0v) is 14.4. The molecule has 0 aliphatic carbocycles. The van der Waals surface area contributed by atoms with Crippen molar-refractivity contribution in [3.63, 3.8) is 0 Å². The molecule has 0 unspecified atom stereocenters. The minimum Gasteiger partial charge on any atom is -0.462 e. The summed E-state index contributed by atoms with van der Waals surface area (Å²) in [6, 6.07) is 9.71. The third kappa shape index (κ3) is 4.70. The molecule has 2 N–H and O–H groups in total. The van der Waals surface area contributed by atoms with Crippen LogP contribution in [0, 0.1) is 0 Å². The average molecular weight is 355 g/mol. The number of anilines is 2. The molecule has 0 radical (unpaired) electrons. The maximum Gasteiger partial charge on any atom is 0.335 e. The third-order valence-electron chi connectivity index (χ3n) is 3.09. The Kier molecular flexibility index (Phi) is 5.47. The molecular formula is C16H17N7OS. The summed E-state index contributed by atoms with van der Waals surface area (Å²) in [5.74, 6) is 0.443. The first-order valence-corrected chi connectivity index (χ1v) is 8.15. The van der Waals surface area contributed by atoms with Crippen molar-refractivity contribution >= 4 is 29.0 Å². The molecule has 0 bridgehead atoms. The van der Waals surface area contributed by atoms with E-state index in [1.54, 1.807) is 29.5 Å². The molecule has 0 aliphatic heterocycles. The fourth-order valence-electron chi connectivity index (χ4n) is 1.96. The number of nitrogens with zero attached hydrogens (tertiary/aromatic N) is 5. The van der Waals surface area contributed by atoms with Crippen LogP contribution in [0.1, 0.15) is 13.3 Å². The summed E-state index contributed by atoms with van der Waals surface area (Å²) in [5, 5.41) is 10.7. The van der Waals surface area contributed by atoms with Crippen molar-refractivity contribution < 1.29 is 4.74 Å². The normalized spacial score (nSPS) is 10.3. The lowest BCUT2D eigenvalue weighted by atomic mass is 10.3. The number of hydrogen-bond donors (Lipinski definition) is 2. The molecule has 0 fully saturated rings. The Morgan fingerprint density at radius 2 is 1.88 bits per heavy atom. The van der Waals surface area contributed by atoms with Gasteiger partial charge in [0, 0.05) is 18.1 Å². The van der Waals surface area contributed by atoms with E-state index in [2.05, 4.69) is 30.7 Å². The SMILES string of the molecule is CCCOc1ncn(-c2ccc(NC(=S)Nc3ncccn3)cc2)n1. The second-order valence-corrected chi connectivity index (χ2v) is 5.43. The summed E-state index contributed by atoms with van der Waals surface area (Å²) in [5.41, 5.74) is 1.70. The monoisotopic (exact) mass is 355 g/mol.